The van der Waals surface area contributed by atoms with E-state index in [0.717, 1.165) is 28.3 Å². The van der Waals surface area contributed by atoms with E-state index in [9.17, 15) is 4.79 Å². The van der Waals surface area contributed by atoms with Crippen molar-refractivity contribution in [2.45, 2.75) is 6.61 Å². The molecule has 1 aliphatic heterocycles. The third-order valence-electron chi connectivity index (χ3n) is 3.68. The van der Waals surface area contributed by atoms with Crippen LogP contribution in [0.1, 0.15) is 16.1 Å². The van der Waals surface area contributed by atoms with Crippen LogP contribution in [0.15, 0.2) is 54.6 Å². The van der Waals surface area contributed by atoms with E-state index in [4.69, 9.17) is 16.3 Å². The van der Waals surface area contributed by atoms with E-state index in [0.29, 0.717) is 0 Å². The highest BCUT2D eigenvalue weighted by Crippen LogP contribution is 2.40. The van der Waals surface area contributed by atoms with Gasteiger partial charge in [0.1, 0.15) is 12.4 Å². The van der Waals surface area contributed by atoms with Crippen molar-refractivity contribution in [3.8, 4) is 22.7 Å². The fourth-order valence-corrected chi connectivity index (χ4v) is 2.87. The molecule has 108 valence electrons. The molecule has 0 saturated carbocycles. The van der Waals surface area contributed by atoms with E-state index in [1.807, 2.05) is 54.6 Å². The minimum Gasteiger partial charge on any atom is -0.488 e. The van der Waals surface area contributed by atoms with Crippen molar-refractivity contribution >= 4 is 16.8 Å². The summed E-state index contributed by atoms with van der Waals surface area (Å²) in [4.78, 5) is 11.7. The number of hydrogen-bond acceptors (Lipinski definition) is 3. The van der Waals surface area contributed by atoms with Crippen LogP contribution in [0.5, 0.6) is 5.75 Å². The van der Waals surface area contributed by atoms with Gasteiger partial charge >= 0.3 is 0 Å². The Bertz CT molecular complexity index is 872. The zero-order valence-electron chi connectivity index (χ0n) is 11.5. The average Bonchev–Trinajstić information content (AvgIpc) is 2.96. The minimum atomic E-state index is -0.575. The fourth-order valence-electron chi connectivity index (χ4n) is 2.72. The number of hydrogen-bond donors (Lipinski definition) is 0. The lowest BCUT2D eigenvalue weighted by Gasteiger charge is -2.19. The van der Waals surface area contributed by atoms with E-state index in [1.54, 1.807) is 4.68 Å². The average molecular weight is 311 g/mol. The van der Waals surface area contributed by atoms with Crippen molar-refractivity contribution in [3.05, 3.63) is 65.9 Å². The molecule has 0 unspecified atom stereocenters. The zero-order valence-corrected chi connectivity index (χ0v) is 12.2. The first-order valence-corrected chi connectivity index (χ1v) is 7.23. The van der Waals surface area contributed by atoms with Gasteiger partial charge in [0.25, 0.3) is 5.24 Å². The largest absolute Gasteiger partial charge is 0.488 e. The molecule has 5 heteroatoms. The van der Waals surface area contributed by atoms with E-state index in [-0.39, 0.29) is 12.3 Å². The number of aromatic nitrogens is 2. The fraction of sp³-hybridized carbons (Fsp3) is 0.0588. The zero-order chi connectivity index (χ0) is 15.1. The first-order chi connectivity index (χ1) is 10.8. The van der Waals surface area contributed by atoms with E-state index in [1.165, 1.54) is 0 Å². The second kappa shape index (κ2) is 5.00. The summed E-state index contributed by atoms with van der Waals surface area (Å²) in [5.74, 6) is 0.778. The Hall–Kier alpha value is -2.59. The summed E-state index contributed by atoms with van der Waals surface area (Å²) in [5, 5.41) is 3.84. The Balaban J connectivity index is 2.04. The smallest absolute Gasteiger partial charge is 0.273 e. The third kappa shape index (κ3) is 1.92. The maximum absolute atomic E-state index is 11.7. The Morgan fingerprint density at radius 1 is 1.09 bits per heavy atom. The molecule has 1 aliphatic rings. The van der Waals surface area contributed by atoms with Crippen molar-refractivity contribution < 1.29 is 9.53 Å². The summed E-state index contributed by atoms with van der Waals surface area (Å²) in [5.41, 5.74) is 3.61. The monoisotopic (exact) mass is 310 g/mol. The maximum atomic E-state index is 11.7. The summed E-state index contributed by atoms with van der Waals surface area (Å²) < 4.78 is 7.48. The third-order valence-corrected chi connectivity index (χ3v) is 3.86. The first-order valence-electron chi connectivity index (χ1n) is 6.85. The topological polar surface area (TPSA) is 44.1 Å². The van der Waals surface area contributed by atoms with Crippen molar-refractivity contribution in [2.75, 3.05) is 0 Å². The van der Waals surface area contributed by atoms with Crippen LogP contribution in [-0.4, -0.2) is 15.0 Å². The van der Waals surface area contributed by atoms with Crippen LogP contribution >= 0.6 is 11.6 Å². The van der Waals surface area contributed by atoms with Gasteiger partial charge in [-0.25, -0.2) is 4.68 Å². The normalized spacial score (nSPS) is 12.2. The molecule has 0 aliphatic carbocycles. The number of fused-ring (bicyclic) bond motifs is 3. The quantitative estimate of drug-likeness (QED) is 0.676. The van der Waals surface area contributed by atoms with Gasteiger partial charge in [0.05, 0.1) is 11.4 Å². The van der Waals surface area contributed by atoms with Crippen LogP contribution in [0.2, 0.25) is 0 Å². The Kier molecular flexibility index (Phi) is 2.98. The molecule has 0 spiro atoms. The van der Waals surface area contributed by atoms with E-state index >= 15 is 0 Å². The van der Waals surface area contributed by atoms with Gasteiger partial charge in [-0.1, -0.05) is 30.3 Å². The highest BCUT2D eigenvalue weighted by molar-refractivity contribution is 6.67. The molecule has 0 fully saturated rings. The molecule has 4 nitrogen and oxygen atoms in total. The summed E-state index contributed by atoms with van der Waals surface area (Å²) in [6, 6.07) is 17.4. The molecule has 2 aromatic carbocycles. The van der Waals surface area contributed by atoms with Gasteiger partial charge in [-0.2, -0.15) is 5.10 Å². The minimum absolute atomic E-state index is 0.245. The SMILES string of the molecule is O=C(Cl)c1nn(-c2ccccc2)c2c1COc1ccccc1-2. The van der Waals surface area contributed by atoms with Gasteiger partial charge in [-0.15, -0.1) is 0 Å². The highest BCUT2D eigenvalue weighted by atomic mass is 35.5. The molecule has 0 radical (unpaired) electrons. The molecular formula is C17H11ClN2O2. The van der Waals surface area contributed by atoms with Crippen molar-refractivity contribution in [1.82, 2.24) is 9.78 Å². The molecule has 0 amide bonds. The van der Waals surface area contributed by atoms with Crippen LogP contribution in [0.25, 0.3) is 16.9 Å². The number of ether oxygens (including phenoxy) is 1. The van der Waals surface area contributed by atoms with Gasteiger partial charge in [-0.05, 0) is 35.9 Å². The molecule has 22 heavy (non-hydrogen) atoms. The lowest BCUT2D eigenvalue weighted by molar-refractivity contribution is 0.107. The summed E-state index contributed by atoms with van der Waals surface area (Å²) in [7, 11) is 0. The number of carbonyl (C=O) groups is 1. The molecule has 0 atom stereocenters. The van der Waals surface area contributed by atoms with Gasteiger partial charge in [-0.3, -0.25) is 4.79 Å². The lowest BCUT2D eigenvalue weighted by Crippen LogP contribution is -2.08. The molecule has 0 saturated heterocycles. The predicted molar refractivity (Wildman–Crippen MR) is 83.5 cm³/mol. The molecule has 0 bridgehead atoms. The molecule has 2 heterocycles. The standard InChI is InChI=1S/C17H11ClN2O2/c18-17(21)15-13-10-22-14-9-5-4-8-12(14)16(13)20(19-15)11-6-2-1-3-7-11/h1-9H,10H2. The summed E-state index contributed by atoms with van der Waals surface area (Å²) in [6.45, 7) is 0.285. The van der Waals surface area contributed by atoms with Crippen LogP contribution in [0.4, 0.5) is 0 Å². The predicted octanol–water partition coefficient (Wildman–Crippen LogP) is 3.81. The molecule has 0 N–H and O–H groups in total. The highest BCUT2D eigenvalue weighted by Gasteiger charge is 2.29. The Labute approximate surface area is 131 Å². The Morgan fingerprint density at radius 2 is 1.82 bits per heavy atom. The van der Waals surface area contributed by atoms with Crippen molar-refractivity contribution in [2.24, 2.45) is 0 Å². The van der Waals surface area contributed by atoms with Crippen LogP contribution in [0, 0.1) is 0 Å². The first kappa shape index (κ1) is 13.1. The van der Waals surface area contributed by atoms with Gasteiger partial charge in [0.2, 0.25) is 0 Å². The van der Waals surface area contributed by atoms with Gasteiger partial charge in [0.15, 0.2) is 5.69 Å². The molecule has 1 aromatic heterocycles. The Morgan fingerprint density at radius 3 is 2.59 bits per heavy atom. The van der Waals surface area contributed by atoms with Crippen LogP contribution < -0.4 is 4.74 Å². The number of rotatable bonds is 2. The lowest BCUT2D eigenvalue weighted by atomic mass is 10.0. The maximum Gasteiger partial charge on any atom is 0.273 e. The van der Waals surface area contributed by atoms with Crippen molar-refractivity contribution in [1.29, 1.82) is 0 Å². The number of para-hydroxylation sites is 2. The van der Waals surface area contributed by atoms with Gasteiger partial charge in [0, 0.05) is 11.1 Å². The number of halogens is 1. The van der Waals surface area contributed by atoms with Crippen LogP contribution in [0.3, 0.4) is 0 Å². The summed E-state index contributed by atoms with van der Waals surface area (Å²) in [6.07, 6.45) is 0. The van der Waals surface area contributed by atoms with Gasteiger partial charge < -0.3 is 4.74 Å². The van der Waals surface area contributed by atoms with E-state index in [2.05, 4.69) is 5.10 Å². The van der Waals surface area contributed by atoms with Crippen molar-refractivity contribution in [3.63, 3.8) is 0 Å². The molecular weight excluding hydrogens is 300 g/mol. The number of benzene rings is 2. The number of carbonyl (C=O) groups excluding carboxylic acids is 1. The second-order valence-electron chi connectivity index (χ2n) is 4.98. The van der Waals surface area contributed by atoms with E-state index < -0.39 is 5.24 Å². The molecule has 4 rings (SSSR count). The number of nitrogens with zero attached hydrogens (tertiary/aromatic N) is 2. The van der Waals surface area contributed by atoms with Crippen LogP contribution in [-0.2, 0) is 6.61 Å². The second-order valence-corrected chi connectivity index (χ2v) is 5.32. The molecule has 3 aromatic rings. The summed E-state index contributed by atoms with van der Waals surface area (Å²) >= 11 is 5.70.